The Hall–Kier alpha value is -3.89. The van der Waals surface area contributed by atoms with Crippen molar-refractivity contribution in [3.63, 3.8) is 0 Å². The number of aromatic nitrogens is 4. The lowest BCUT2D eigenvalue weighted by Crippen LogP contribution is -2.32. The average molecular weight is 442 g/mol. The number of para-hydroxylation sites is 2. The second-order valence-electron chi connectivity index (χ2n) is 7.41. The van der Waals surface area contributed by atoms with Crippen molar-refractivity contribution in [3.05, 3.63) is 48.5 Å². The molecule has 5 rings (SSSR count). The van der Waals surface area contributed by atoms with Gasteiger partial charge in [-0.25, -0.2) is 9.97 Å². The Labute approximate surface area is 179 Å². The number of likely N-dealkylation sites (N-methyl/N-ethyl adjacent to an activating group) is 1. The molecule has 2 aromatic carbocycles. The number of alkyl halides is 3. The van der Waals surface area contributed by atoms with Crippen molar-refractivity contribution in [2.75, 3.05) is 18.9 Å². The van der Waals surface area contributed by atoms with E-state index in [9.17, 15) is 18.0 Å². The summed E-state index contributed by atoms with van der Waals surface area (Å²) in [7, 11) is 1.72. The molecule has 1 aliphatic rings. The van der Waals surface area contributed by atoms with Gasteiger partial charge in [-0.3, -0.25) is 4.79 Å². The maximum atomic E-state index is 12.9. The summed E-state index contributed by atoms with van der Waals surface area (Å²) in [6.07, 6.45) is -4.26. The summed E-state index contributed by atoms with van der Waals surface area (Å²) in [6.45, 7) is 0.609. The van der Waals surface area contributed by atoms with Crippen LogP contribution < -0.4 is 10.1 Å². The van der Waals surface area contributed by atoms with Crippen molar-refractivity contribution in [2.45, 2.75) is 18.8 Å². The number of nitrogens with one attached hydrogen (secondary N) is 1. The molecule has 0 radical (unpaired) electrons. The first-order chi connectivity index (χ1) is 15.3. The molecule has 1 amide bonds. The van der Waals surface area contributed by atoms with E-state index in [0.29, 0.717) is 29.5 Å². The number of benzene rings is 2. The Morgan fingerprint density at radius 1 is 1.09 bits per heavy atom. The molecule has 0 bridgehead atoms. The Kier molecular flexibility index (Phi) is 4.61. The summed E-state index contributed by atoms with van der Waals surface area (Å²) >= 11 is 0. The van der Waals surface area contributed by atoms with E-state index in [1.165, 1.54) is 22.7 Å². The van der Waals surface area contributed by atoms with Crippen LogP contribution in [0.5, 0.6) is 5.75 Å². The van der Waals surface area contributed by atoms with Crippen LogP contribution in [0.25, 0.3) is 27.9 Å². The van der Waals surface area contributed by atoms with Crippen molar-refractivity contribution in [3.8, 4) is 17.1 Å². The summed E-state index contributed by atoms with van der Waals surface area (Å²) in [5, 5.41) is 8.21. The molecule has 0 aliphatic carbocycles. The molecule has 8 nitrogen and oxygen atoms in total. The standard InChI is InChI=1S/C21H17F3N6O2/c1-29-11-10-15(19(29)31)26-20-25-14-8-4-2-6-12(14)18-27-17(28-30(18)20)13-7-3-5-9-16(13)32-21(22,23)24/h2-9,15H,10-11H2,1H3,(H,25,26)/t15-/m1/s1. The Morgan fingerprint density at radius 2 is 1.84 bits per heavy atom. The number of likely N-dealkylation sites (tertiary alicyclic amines) is 1. The second-order valence-corrected chi connectivity index (χ2v) is 7.41. The van der Waals surface area contributed by atoms with Gasteiger partial charge in [-0.15, -0.1) is 18.3 Å². The number of carbonyl (C=O) groups excluding carboxylic acids is 1. The van der Waals surface area contributed by atoms with Crippen LogP contribution in [0.15, 0.2) is 48.5 Å². The van der Waals surface area contributed by atoms with Gasteiger partial charge in [0.15, 0.2) is 11.5 Å². The van der Waals surface area contributed by atoms with E-state index in [1.54, 1.807) is 30.1 Å². The lowest BCUT2D eigenvalue weighted by molar-refractivity contribution is -0.274. The van der Waals surface area contributed by atoms with E-state index in [0.717, 1.165) is 0 Å². The molecule has 1 saturated heterocycles. The number of anilines is 1. The first-order valence-corrected chi connectivity index (χ1v) is 9.82. The fourth-order valence-corrected chi connectivity index (χ4v) is 3.74. The highest BCUT2D eigenvalue weighted by atomic mass is 19.4. The summed E-state index contributed by atoms with van der Waals surface area (Å²) in [5.41, 5.74) is 1.09. The van der Waals surface area contributed by atoms with Crippen molar-refractivity contribution in [1.29, 1.82) is 0 Å². The van der Waals surface area contributed by atoms with Gasteiger partial charge in [-0.2, -0.15) is 4.52 Å². The zero-order valence-electron chi connectivity index (χ0n) is 16.8. The Bertz CT molecular complexity index is 1340. The third-order valence-electron chi connectivity index (χ3n) is 5.26. The van der Waals surface area contributed by atoms with E-state index < -0.39 is 18.2 Å². The quantitative estimate of drug-likeness (QED) is 0.521. The first-order valence-electron chi connectivity index (χ1n) is 9.82. The molecule has 0 unspecified atom stereocenters. The fraction of sp³-hybridized carbons (Fsp3) is 0.238. The summed E-state index contributed by atoms with van der Waals surface area (Å²) < 4.78 is 44.2. The van der Waals surface area contributed by atoms with Crippen LogP contribution in [-0.4, -0.2) is 56.4 Å². The zero-order valence-corrected chi connectivity index (χ0v) is 16.8. The number of halogens is 3. The van der Waals surface area contributed by atoms with E-state index in [1.807, 2.05) is 12.1 Å². The molecule has 0 spiro atoms. The van der Waals surface area contributed by atoms with Gasteiger partial charge in [-0.05, 0) is 30.7 Å². The molecule has 164 valence electrons. The minimum absolute atomic E-state index is 0.0425. The van der Waals surface area contributed by atoms with Crippen LogP contribution in [0.1, 0.15) is 6.42 Å². The van der Waals surface area contributed by atoms with E-state index in [2.05, 4.69) is 25.1 Å². The Balaban J connectivity index is 1.66. The minimum atomic E-state index is -4.86. The molecule has 3 heterocycles. The number of nitrogens with zero attached hydrogens (tertiary/aromatic N) is 5. The average Bonchev–Trinajstić information content (AvgIpc) is 3.33. The van der Waals surface area contributed by atoms with Crippen LogP contribution in [0.3, 0.4) is 0 Å². The maximum Gasteiger partial charge on any atom is 0.573 e. The third kappa shape index (κ3) is 3.55. The fourth-order valence-electron chi connectivity index (χ4n) is 3.74. The van der Waals surface area contributed by atoms with Gasteiger partial charge in [0.2, 0.25) is 11.9 Å². The molecule has 4 aromatic rings. The van der Waals surface area contributed by atoms with Crippen molar-refractivity contribution >= 4 is 28.4 Å². The zero-order chi connectivity index (χ0) is 22.5. The third-order valence-corrected chi connectivity index (χ3v) is 5.26. The van der Waals surface area contributed by atoms with Gasteiger partial charge < -0.3 is 15.0 Å². The van der Waals surface area contributed by atoms with Gasteiger partial charge in [0.25, 0.3) is 0 Å². The van der Waals surface area contributed by atoms with Crippen LogP contribution in [-0.2, 0) is 4.79 Å². The number of amides is 1. The molecule has 1 atom stereocenters. The van der Waals surface area contributed by atoms with E-state index in [4.69, 9.17) is 0 Å². The molecule has 0 saturated carbocycles. The van der Waals surface area contributed by atoms with Gasteiger partial charge in [0.1, 0.15) is 11.8 Å². The SMILES string of the molecule is CN1CC[C@@H](Nc2nc3ccccc3c3nc(-c4ccccc4OC(F)(F)F)nn23)C1=O. The lowest BCUT2D eigenvalue weighted by atomic mass is 10.2. The van der Waals surface area contributed by atoms with Crippen molar-refractivity contribution < 1.29 is 22.7 Å². The smallest absolute Gasteiger partial charge is 0.405 e. The van der Waals surface area contributed by atoms with Crippen LogP contribution >= 0.6 is 0 Å². The minimum Gasteiger partial charge on any atom is -0.405 e. The van der Waals surface area contributed by atoms with Gasteiger partial charge >= 0.3 is 6.36 Å². The predicted molar refractivity (Wildman–Crippen MR) is 110 cm³/mol. The number of carbonyl (C=O) groups is 1. The highest BCUT2D eigenvalue weighted by Gasteiger charge is 2.33. The van der Waals surface area contributed by atoms with Gasteiger partial charge in [-0.1, -0.05) is 24.3 Å². The van der Waals surface area contributed by atoms with Crippen molar-refractivity contribution in [2.24, 2.45) is 0 Å². The summed E-state index contributed by atoms with van der Waals surface area (Å²) in [4.78, 5) is 23.1. The topological polar surface area (TPSA) is 84.7 Å². The molecule has 2 aromatic heterocycles. The number of rotatable bonds is 4. The normalized spacial score (nSPS) is 16.8. The number of ether oxygens (including phenoxy) is 1. The van der Waals surface area contributed by atoms with E-state index in [-0.39, 0.29) is 23.2 Å². The second kappa shape index (κ2) is 7.36. The molecule has 1 aliphatic heterocycles. The van der Waals surface area contributed by atoms with Crippen LogP contribution in [0.2, 0.25) is 0 Å². The molecular formula is C21H17F3N6O2. The maximum absolute atomic E-state index is 12.9. The Morgan fingerprint density at radius 3 is 2.59 bits per heavy atom. The number of hydrogen-bond donors (Lipinski definition) is 1. The van der Waals surface area contributed by atoms with Crippen LogP contribution in [0.4, 0.5) is 19.1 Å². The van der Waals surface area contributed by atoms with Crippen molar-refractivity contribution in [1.82, 2.24) is 24.5 Å². The predicted octanol–water partition coefficient (Wildman–Crippen LogP) is 3.49. The first kappa shape index (κ1) is 20.0. The summed E-state index contributed by atoms with van der Waals surface area (Å²) in [5.74, 6) is -0.158. The van der Waals surface area contributed by atoms with E-state index >= 15 is 0 Å². The number of hydrogen-bond acceptors (Lipinski definition) is 6. The monoisotopic (exact) mass is 442 g/mol. The highest BCUT2D eigenvalue weighted by molar-refractivity contribution is 5.93. The molecule has 1 N–H and O–H groups in total. The largest absolute Gasteiger partial charge is 0.573 e. The lowest BCUT2D eigenvalue weighted by Gasteiger charge is -2.14. The molecular weight excluding hydrogens is 425 g/mol. The molecule has 32 heavy (non-hydrogen) atoms. The van der Waals surface area contributed by atoms with Crippen LogP contribution in [0, 0.1) is 0 Å². The number of fused-ring (bicyclic) bond motifs is 3. The van der Waals surface area contributed by atoms with Gasteiger partial charge in [0.05, 0.1) is 11.1 Å². The molecule has 11 heteroatoms. The summed E-state index contributed by atoms with van der Waals surface area (Å²) in [6, 6.07) is 12.4. The molecule has 1 fully saturated rings. The van der Waals surface area contributed by atoms with Gasteiger partial charge in [0, 0.05) is 19.0 Å². The highest BCUT2D eigenvalue weighted by Crippen LogP contribution is 2.33.